The van der Waals surface area contributed by atoms with E-state index in [1.807, 2.05) is 54.8 Å². The van der Waals surface area contributed by atoms with Crippen LogP contribution in [0.1, 0.15) is 23.3 Å². The maximum absolute atomic E-state index is 12.7. The number of hydrogen-bond acceptors (Lipinski definition) is 7. The number of aromatic nitrogens is 2. The lowest BCUT2D eigenvalue weighted by atomic mass is 9.97. The number of thioether (sulfide) groups is 1. The molecule has 0 aliphatic heterocycles. The summed E-state index contributed by atoms with van der Waals surface area (Å²) in [6, 6.07) is 15.4. The van der Waals surface area contributed by atoms with E-state index in [0.29, 0.717) is 11.7 Å². The van der Waals surface area contributed by atoms with Gasteiger partial charge < -0.3 is 14.8 Å². The second-order valence-electron chi connectivity index (χ2n) is 8.04. The normalized spacial score (nSPS) is 12.9. The SMILES string of the molecule is COc1ccc(-c2nc(OCC(=O)Nc3cccc(SC)c3)c3c4c(sc3n2)CCCC4)cc1. The Kier molecular flexibility index (Phi) is 6.69. The molecule has 174 valence electrons. The Balaban J connectivity index is 1.45. The quantitative estimate of drug-likeness (QED) is 0.320. The second kappa shape index (κ2) is 10.0. The Morgan fingerprint density at radius 3 is 2.74 bits per heavy atom. The fourth-order valence-corrected chi connectivity index (χ4v) is 5.84. The van der Waals surface area contributed by atoms with Crippen molar-refractivity contribution >= 4 is 44.9 Å². The van der Waals surface area contributed by atoms with Crippen molar-refractivity contribution in [3.63, 3.8) is 0 Å². The molecule has 0 atom stereocenters. The van der Waals surface area contributed by atoms with Crippen LogP contribution in [0.3, 0.4) is 0 Å². The lowest BCUT2D eigenvalue weighted by molar-refractivity contribution is -0.118. The van der Waals surface area contributed by atoms with Gasteiger partial charge in [0, 0.05) is 21.0 Å². The third kappa shape index (κ3) is 4.74. The Morgan fingerprint density at radius 2 is 1.94 bits per heavy atom. The lowest BCUT2D eigenvalue weighted by Crippen LogP contribution is -2.20. The number of carbonyl (C=O) groups excluding carboxylic acids is 1. The van der Waals surface area contributed by atoms with Gasteiger partial charge in [-0.3, -0.25) is 4.79 Å². The number of rotatable bonds is 7. The molecule has 0 bridgehead atoms. The predicted molar refractivity (Wildman–Crippen MR) is 138 cm³/mol. The van der Waals surface area contributed by atoms with Gasteiger partial charge in [0.2, 0.25) is 5.88 Å². The van der Waals surface area contributed by atoms with Crippen LogP contribution in [0.2, 0.25) is 0 Å². The third-order valence-electron chi connectivity index (χ3n) is 5.82. The number of benzene rings is 2. The Hall–Kier alpha value is -3.10. The van der Waals surface area contributed by atoms with E-state index in [-0.39, 0.29) is 12.5 Å². The Bertz CT molecular complexity index is 1340. The molecule has 2 heterocycles. The fraction of sp³-hybridized carbons (Fsp3) is 0.269. The summed E-state index contributed by atoms with van der Waals surface area (Å²) in [6.07, 6.45) is 6.38. The molecule has 0 spiro atoms. The number of fused-ring (bicyclic) bond motifs is 3. The highest BCUT2D eigenvalue weighted by molar-refractivity contribution is 7.98. The molecule has 1 amide bonds. The highest BCUT2D eigenvalue weighted by atomic mass is 32.2. The molecular formula is C26H25N3O3S2. The summed E-state index contributed by atoms with van der Waals surface area (Å²) >= 11 is 3.34. The number of aryl methyl sites for hydroxylation is 2. The highest BCUT2D eigenvalue weighted by Crippen LogP contribution is 2.40. The summed E-state index contributed by atoms with van der Waals surface area (Å²) in [4.78, 5) is 25.7. The summed E-state index contributed by atoms with van der Waals surface area (Å²) in [6.45, 7) is -0.123. The zero-order chi connectivity index (χ0) is 23.5. The van der Waals surface area contributed by atoms with Crippen molar-refractivity contribution in [2.24, 2.45) is 0 Å². The van der Waals surface area contributed by atoms with Crippen LogP contribution in [-0.4, -0.2) is 35.8 Å². The minimum absolute atomic E-state index is 0.123. The number of amides is 1. The van der Waals surface area contributed by atoms with E-state index >= 15 is 0 Å². The van der Waals surface area contributed by atoms with Crippen molar-refractivity contribution in [1.29, 1.82) is 0 Å². The molecule has 0 saturated heterocycles. The van der Waals surface area contributed by atoms with E-state index in [0.717, 1.165) is 51.4 Å². The van der Waals surface area contributed by atoms with Gasteiger partial charge in [-0.15, -0.1) is 23.1 Å². The number of anilines is 1. The van der Waals surface area contributed by atoms with Crippen molar-refractivity contribution in [2.75, 3.05) is 25.3 Å². The second-order valence-corrected chi connectivity index (χ2v) is 10.0. The van der Waals surface area contributed by atoms with Crippen LogP contribution < -0.4 is 14.8 Å². The first-order chi connectivity index (χ1) is 16.6. The van der Waals surface area contributed by atoms with Crippen molar-refractivity contribution in [3.8, 4) is 23.0 Å². The molecule has 0 unspecified atom stereocenters. The van der Waals surface area contributed by atoms with E-state index < -0.39 is 0 Å². The van der Waals surface area contributed by atoms with E-state index in [4.69, 9.17) is 19.4 Å². The Morgan fingerprint density at radius 1 is 1.12 bits per heavy atom. The smallest absolute Gasteiger partial charge is 0.262 e. The number of methoxy groups -OCH3 is 1. The van der Waals surface area contributed by atoms with E-state index in [1.54, 1.807) is 30.2 Å². The van der Waals surface area contributed by atoms with Crippen LogP contribution in [0.4, 0.5) is 5.69 Å². The van der Waals surface area contributed by atoms with E-state index in [1.165, 1.54) is 16.9 Å². The summed E-state index contributed by atoms with van der Waals surface area (Å²) in [5.74, 6) is 1.61. The zero-order valence-corrected chi connectivity index (χ0v) is 20.7. The molecule has 2 aromatic heterocycles. The first kappa shape index (κ1) is 22.7. The van der Waals surface area contributed by atoms with Gasteiger partial charge in [-0.25, -0.2) is 4.98 Å². The van der Waals surface area contributed by atoms with Gasteiger partial charge in [0.1, 0.15) is 10.6 Å². The molecule has 0 fully saturated rings. The molecule has 5 rings (SSSR count). The van der Waals surface area contributed by atoms with Gasteiger partial charge in [-0.2, -0.15) is 4.98 Å². The van der Waals surface area contributed by atoms with Gasteiger partial charge in [-0.1, -0.05) is 6.07 Å². The number of nitrogens with zero attached hydrogens (tertiary/aromatic N) is 2. The topological polar surface area (TPSA) is 73.3 Å². The standard InChI is InChI=1S/C26H25N3O3S2/c1-31-18-12-10-16(11-13-18)24-28-25(23-20-8-3-4-9-21(20)34-26(23)29-24)32-15-22(30)27-17-6-5-7-19(14-17)33-2/h5-7,10-14H,3-4,8-9,15H2,1-2H3,(H,27,30). The lowest BCUT2D eigenvalue weighted by Gasteiger charge is -2.13. The van der Waals surface area contributed by atoms with Crippen LogP contribution in [0.5, 0.6) is 11.6 Å². The average molecular weight is 492 g/mol. The van der Waals surface area contributed by atoms with Crippen LogP contribution in [0.15, 0.2) is 53.4 Å². The first-order valence-electron chi connectivity index (χ1n) is 11.2. The minimum Gasteiger partial charge on any atom is -0.497 e. The first-order valence-corrected chi connectivity index (χ1v) is 13.2. The summed E-state index contributed by atoms with van der Waals surface area (Å²) in [5.41, 5.74) is 2.90. The monoisotopic (exact) mass is 491 g/mol. The summed E-state index contributed by atoms with van der Waals surface area (Å²) < 4.78 is 11.3. The largest absolute Gasteiger partial charge is 0.497 e. The summed E-state index contributed by atoms with van der Waals surface area (Å²) in [7, 11) is 1.64. The van der Waals surface area contributed by atoms with Crippen molar-refractivity contribution < 1.29 is 14.3 Å². The molecule has 1 aliphatic carbocycles. The van der Waals surface area contributed by atoms with Crippen LogP contribution in [0, 0.1) is 0 Å². The molecule has 4 aromatic rings. The van der Waals surface area contributed by atoms with Gasteiger partial charge in [-0.05, 0) is 80.0 Å². The zero-order valence-electron chi connectivity index (χ0n) is 19.1. The average Bonchev–Trinajstić information content (AvgIpc) is 3.26. The van der Waals surface area contributed by atoms with Crippen molar-refractivity contribution in [3.05, 3.63) is 59.0 Å². The van der Waals surface area contributed by atoms with Gasteiger partial charge in [0.25, 0.3) is 5.91 Å². The molecule has 1 N–H and O–H groups in total. The van der Waals surface area contributed by atoms with Crippen LogP contribution in [0.25, 0.3) is 21.6 Å². The fourth-order valence-electron chi connectivity index (χ4n) is 4.13. The molecule has 8 heteroatoms. The maximum atomic E-state index is 12.7. The highest BCUT2D eigenvalue weighted by Gasteiger charge is 2.23. The third-order valence-corrected chi connectivity index (χ3v) is 7.73. The number of thiophene rings is 1. The Labute approximate surface area is 206 Å². The van der Waals surface area contributed by atoms with E-state index in [2.05, 4.69) is 5.32 Å². The number of ether oxygens (including phenoxy) is 2. The molecule has 34 heavy (non-hydrogen) atoms. The van der Waals surface area contributed by atoms with Crippen molar-refractivity contribution in [2.45, 2.75) is 30.6 Å². The number of hydrogen-bond donors (Lipinski definition) is 1. The maximum Gasteiger partial charge on any atom is 0.262 e. The predicted octanol–water partition coefficient (Wildman–Crippen LogP) is 5.99. The van der Waals surface area contributed by atoms with Gasteiger partial charge >= 0.3 is 0 Å². The van der Waals surface area contributed by atoms with Gasteiger partial charge in [0.15, 0.2) is 12.4 Å². The number of carbonyl (C=O) groups is 1. The van der Waals surface area contributed by atoms with E-state index in [9.17, 15) is 4.79 Å². The summed E-state index contributed by atoms with van der Waals surface area (Å²) in [5, 5.41) is 3.87. The number of nitrogens with one attached hydrogen (secondary N) is 1. The minimum atomic E-state index is -0.222. The molecule has 1 aliphatic rings. The molecule has 6 nitrogen and oxygen atoms in total. The molecule has 2 aromatic carbocycles. The van der Waals surface area contributed by atoms with Crippen molar-refractivity contribution in [1.82, 2.24) is 9.97 Å². The molecule has 0 radical (unpaired) electrons. The van der Waals surface area contributed by atoms with Crippen LogP contribution in [-0.2, 0) is 17.6 Å². The molecule has 0 saturated carbocycles. The van der Waals surface area contributed by atoms with Gasteiger partial charge in [0.05, 0.1) is 12.5 Å². The molecular weight excluding hydrogens is 466 g/mol. The van der Waals surface area contributed by atoms with Crippen LogP contribution >= 0.6 is 23.1 Å².